The Kier molecular flexibility index (Phi) is 14.0. The van der Waals surface area contributed by atoms with Crippen LogP contribution in [0.3, 0.4) is 0 Å². The summed E-state index contributed by atoms with van der Waals surface area (Å²) in [6.45, 7) is 8.83. The van der Waals surface area contributed by atoms with Crippen molar-refractivity contribution in [2.24, 2.45) is 5.92 Å². The van der Waals surface area contributed by atoms with Gasteiger partial charge in [-0.2, -0.15) is 0 Å². The molecule has 0 saturated carbocycles. The van der Waals surface area contributed by atoms with Crippen molar-refractivity contribution >= 4 is 0 Å². The molecule has 0 bridgehead atoms. The average Bonchev–Trinajstić information content (AvgIpc) is 2.30. The normalized spacial score (nSPS) is 11.3. The van der Waals surface area contributed by atoms with Crippen LogP contribution in [0.15, 0.2) is 0 Å². The molecule has 104 valence electrons. The maximum Gasteiger partial charge on any atom is 0.0466 e. The molecule has 0 heterocycles. The van der Waals surface area contributed by atoms with Gasteiger partial charge in [-0.25, -0.2) is 0 Å². The van der Waals surface area contributed by atoms with Gasteiger partial charge in [0.25, 0.3) is 0 Å². The third-order valence-corrected chi connectivity index (χ3v) is 3.21. The summed E-state index contributed by atoms with van der Waals surface area (Å²) >= 11 is 0. The van der Waals surface area contributed by atoms with Gasteiger partial charge in [-0.3, -0.25) is 0 Å². The Labute approximate surface area is 109 Å². The molecule has 0 atom stereocenters. The van der Waals surface area contributed by atoms with Crippen molar-refractivity contribution in [3.8, 4) is 0 Å². The Morgan fingerprint density at radius 2 is 1.24 bits per heavy atom. The first kappa shape index (κ1) is 17.0. The molecule has 0 aromatic heterocycles. The molecule has 17 heavy (non-hydrogen) atoms. The summed E-state index contributed by atoms with van der Waals surface area (Å²) in [5.41, 5.74) is 0. The van der Waals surface area contributed by atoms with Gasteiger partial charge in [-0.15, -0.1) is 0 Å². The first-order valence-electron chi connectivity index (χ1n) is 7.85. The van der Waals surface area contributed by atoms with Crippen molar-refractivity contribution in [1.29, 1.82) is 0 Å². The molecule has 1 heteroatoms. The van der Waals surface area contributed by atoms with Crippen LogP contribution in [0.5, 0.6) is 0 Å². The molecule has 0 aromatic carbocycles. The first-order chi connectivity index (χ1) is 8.27. The fourth-order valence-electron chi connectivity index (χ4n) is 2.02. The van der Waals surface area contributed by atoms with Crippen LogP contribution in [0.4, 0.5) is 0 Å². The van der Waals surface area contributed by atoms with Gasteiger partial charge in [-0.05, 0) is 18.8 Å². The zero-order valence-corrected chi connectivity index (χ0v) is 12.5. The second-order valence-corrected chi connectivity index (χ2v) is 5.62. The Balaban J connectivity index is 2.89. The molecule has 0 aromatic rings. The van der Waals surface area contributed by atoms with Crippen molar-refractivity contribution in [2.75, 3.05) is 13.2 Å². The Bertz CT molecular complexity index is 131. The lowest BCUT2D eigenvalue weighted by atomic mass is 10.1. The molecule has 0 amide bonds. The summed E-state index contributed by atoms with van der Waals surface area (Å²) in [6, 6.07) is 0. The van der Waals surface area contributed by atoms with Crippen LogP contribution in [-0.4, -0.2) is 13.2 Å². The third-order valence-electron chi connectivity index (χ3n) is 3.21. The summed E-state index contributed by atoms with van der Waals surface area (Å²) in [4.78, 5) is 0. The lowest BCUT2D eigenvalue weighted by Crippen LogP contribution is -1.97. The molecule has 0 unspecified atom stereocenters. The highest BCUT2D eigenvalue weighted by atomic mass is 16.5. The SMILES string of the molecule is CCCCCCCCOCCCCCC(C)C. The van der Waals surface area contributed by atoms with Crippen molar-refractivity contribution < 1.29 is 4.74 Å². The topological polar surface area (TPSA) is 9.23 Å². The first-order valence-corrected chi connectivity index (χ1v) is 7.85. The lowest BCUT2D eigenvalue weighted by molar-refractivity contribution is 0.125. The zero-order valence-electron chi connectivity index (χ0n) is 12.5. The summed E-state index contributed by atoms with van der Waals surface area (Å²) in [5.74, 6) is 0.860. The number of hydrogen-bond donors (Lipinski definition) is 0. The van der Waals surface area contributed by atoms with Gasteiger partial charge in [0.1, 0.15) is 0 Å². The van der Waals surface area contributed by atoms with E-state index in [-0.39, 0.29) is 0 Å². The molecular formula is C16H34O. The van der Waals surface area contributed by atoms with Crippen LogP contribution in [0.25, 0.3) is 0 Å². The van der Waals surface area contributed by atoms with Gasteiger partial charge in [0.05, 0.1) is 0 Å². The van der Waals surface area contributed by atoms with E-state index in [9.17, 15) is 0 Å². The predicted molar refractivity (Wildman–Crippen MR) is 77.5 cm³/mol. The van der Waals surface area contributed by atoms with E-state index in [2.05, 4.69) is 20.8 Å². The maximum absolute atomic E-state index is 5.65. The van der Waals surface area contributed by atoms with Gasteiger partial charge in [0, 0.05) is 13.2 Å². The smallest absolute Gasteiger partial charge is 0.0466 e. The molecule has 0 aliphatic carbocycles. The second-order valence-electron chi connectivity index (χ2n) is 5.62. The van der Waals surface area contributed by atoms with Crippen LogP contribution in [0.2, 0.25) is 0 Å². The van der Waals surface area contributed by atoms with Gasteiger partial charge in [0.15, 0.2) is 0 Å². The molecule has 0 rings (SSSR count). The van der Waals surface area contributed by atoms with E-state index in [1.54, 1.807) is 0 Å². The van der Waals surface area contributed by atoms with E-state index in [0.717, 1.165) is 19.1 Å². The monoisotopic (exact) mass is 242 g/mol. The molecule has 0 aliphatic heterocycles. The predicted octanol–water partition coefficient (Wildman–Crippen LogP) is 5.58. The molecule has 0 radical (unpaired) electrons. The fraction of sp³-hybridized carbons (Fsp3) is 1.00. The van der Waals surface area contributed by atoms with E-state index < -0.39 is 0 Å². The lowest BCUT2D eigenvalue weighted by Gasteiger charge is -2.05. The molecule has 0 spiro atoms. The van der Waals surface area contributed by atoms with Gasteiger partial charge < -0.3 is 4.74 Å². The van der Waals surface area contributed by atoms with Crippen LogP contribution in [-0.2, 0) is 4.74 Å². The summed E-state index contributed by atoms with van der Waals surface area (Å²) < 4.78 is 5.65. The van der Waals surface area contributed by atoms with Crippen molar-refractivity contribution in [3.05, 3.63) is 0 Å². The molecular weight excluding hydrogens is 208 g/mol. The maximum atomic E-state index is 5.65. The van der Waals surface area contributed by atoms with Gasteiger partial charge in [0.2, 0.25) is 0 Å². The average molecular weight is 242 g/mol. The fourth-order valence-corrected chi connectivity index (χ4v) is 2.02. The van der Waals surface area contributed by atoms with Crippen molar-refractivity contribution in [2.45, 2.75) is 85.0 Å². The molecule has 0 fully saturated rings. The van der Waals surface area contributed by atoms with Crippen LogP contribution >= 0.6 is 0 Å². The van der Waals surface area contributed by atoms with E-state index in [1.807, 2.05) is 0 Å². The minimum absolute atomic E-state index is 0.860. The molecule has 1 nitrogen and oxygen atoms in total. The minimum atomic E-state index is 0.860. The Hall–Kier alpha value is -0.0400. The van der Waals surface area contributed by atoms with Crippen LogP contribution in [0, 0.1) is 5.92 Å². The largest absolute Gasteiger partial charge is 0.381 e. The van der Waals surface area contributed by atoms with E-state index in [4.69, 9.17) is 4.74 Å². The summed E-state index contributed by atoms with van der Waals surface area (Å²) in [5, 5.41) is 0. The van der Waals surface area contributed by atoms with E-state index in [1.165, 1.54) is 64.2 Å². The minimum Gasteiger partial charge on any atom is -0.381 e. The highest BCUT2D eigenvalue weighted by Crippen LogP contribution is 2.08. The highest BCUT2D eigenvalue weighted by Gasteiger charge is 1.95. The number of rotatable bonds is 13. The summed E-state index contributed by atoms with van der Waals surface area (Å²) in [7, 11) is 0. The standard InChI is InChI=1S/C16H34O/c1-4-5-6-7-8-11-14-17-15-12-9-10-13-16(2)3/h16H,4-15H2,1-3H3. The zero-order chi connectivity index (χ0) is 12.8. The van der Waals surface area contributed by atoms with Gasteiger partial charge >= 0.3 is 0 Å². The summed E-state index contributed by atoms with van der Waals surface area (Å²) in [6.07, 6.45) is 13.5. The van der Waals surface area contributed by atoms with E-state index >= 15 is 0 Å². The third kappa shape index (κ3) is 16.0. The quantitative estimate of drug-likeness (QED) is 0.383. The van der Waals surface area contributed by atoms with E-state index in [0.29, 0.717) is 0 Å². The molecule has 0 aliphatic rings. The highest BCUT2D eigenvalue weighted by molar-refractivity contribution is 4.47. The molecule has 0 N–H and O–H groups in total. The molecule has 0 saturated heterocycles. The Morgan fingerprint density at radius 1 is 0.706 bits per heavy atom. The van der Waals surface area contributed by atoms with Crippen LogP contribution < -0.4 is 0 Å². The second kappa shape index (κ2) is 14.0. The number of hydrogen-bond acceptors (Lipinski definition) is 1. The van der Waals surface area contributed by atoms with Crippen LogP contribution in [0.1, 0.15) is 85.0 Å². The van der Waals surface area contributed by atoms with Crippen molar-refractivity contribution in [1.82, 2.24) is 0 Å². The Morgan fingerprint density at radius 3 is 1.82 bits per heavy atom. The van der Waals surface area contributed by atoms with Crippen molar-refractivity contribution in [3.63, 3.8) is 0 Å². The number of ether oxygens (including phenoxy) is 1. The number of unbranched alkanes of at least 4 members (excludes halogenated alkanes) is 7. The van der Waals surface area contributed by atoms with Gasteiger partial charge in [-0.1, -0.05) is 72.1 Å².